The first-order valence-corrected chi connectivity index (χ1v) is 12.8. The van der Waals surface area contributed by atoms with Crippen molar-refractivity contribution < 1.29 is 4.79 Å². The zero-order valence-corrected chi connectivity index (χ0v) is 21.5. The first kappa shape index (κ1) is 24.0. The van der Waals surface area contributed by atoms with Crippen molar-refractivity contribution in [1.82, 2.24) is 14.9 Å². The minimum Gasteiger partial charge on any atom is -0.353 e. The maximum Gasteiger partial charge on any atom is 0.264 e. The van der Waals surface area contributed by atoms with Gasteiger partial charge in [-0.25, -0.2) is 9.97 Å². The van der Waals surface area contributed by atoms with Crippen LogP contribution in [-0.2, 0) is 12.8 Å². The second-order valence-corrected chi connectivity index (χ2v) is 10.6. The molecule has 0 aliphatic carbocycles. The number of aryl methyl sites for hydroxylation is 1. The third-order valence-electron chi connectivity index (χ3n) is 5.81. The highest BCUT2D eigenvalue weighted by Crippen LogP contribution is 2.30. The summed E-state index contributed by atoms with van der Waals surface area (Å²) >= 11 is 14.1. The predicted octanol–water partition coefficient (Wildman–Crippen LogP) is 5.91. The number of halogens is 2. The molecule has 5 nitrogen and oxygen atoms in total. The van der Waals surface area contributed by atoms with Crippen molar-refractivity contribution in [3.05, 3.63) is 73.3 Å². The van der Waals surface area contributed by atoms with Gasteiger partial charge in [0.25, 0.3) is 5.91 Å². The number of thiophene rings is 1. The van der Waals surface area contributed by atoms with E-state index in [2.05, 4.69) is 18.7 Å². The lowest BCUT2D eigenvalue weighted by molar-refractivity contribution is 0.0751. The van der Waals surface area contributed by atoms with Gasteiger partial charge in [0, 0.05) is 60.3 Å². The summed E-state index contributed by atoms with van der Waals surface area (Å²) in [4.78, 5) is 27.6. The van der Waals surface area contributed by atoms with E-state index in [9.17, 15) is 4.79 Å². The minimum absolute atomic E-state index is 0.109. The maximum atomic E-state index is 12.8. The van der Waals surface area contributed by atoms with Crippen LogP contribution in [0.3, 0.4) is 0 Å². The van der Waals surface area contributed by atoms with Gasteiger partial charge in [-0.2, -0.15) is 0 Å². The Morgan fingerprint density at radius 1 is 1.12 bits per heavy atom. The van der Waals surface area contributed by atoms with E-state index in [1.54, 1.807) is 6.07 Å². The Morgan fingerprint density at radius 2 is 1.88 bits per heavy atom. The van der Waals surface area contributed by atoms with E-state index in [0.29, 0.717) is 35.5 Å². The summed E-state index contributed by atoms with van der Waals surface area (Å²) < 4.78 is 0. The average Bonchev–Trinajstić information content (AvgIpc) is 3.31. The molecule has 0 spiro atoms. The van der Waals surface area contributed by atoms with Gasteiger partial charge in [-0.3, -0.25) is 4.79 Å². The fraction of sp³-hybridized carbons (Fsp3) is 0.400. The number of piperazine rings is 1. The molecule has 8 heteroatoms. The van der Waals surface area contributed by atoms with Gasteiger partial charge in [-0.05, 0) is 42.0 Å². The maximum absolute atomic E-state index is 12.8. The van der Waals surface area contributed by atoms with E-state index >= 15 is 0 Å². The number of hydrogen-bond donors (Lipinski definition) is 0. The Balaban J connectivity index is 1.61. The van der Waals surface area contributed by atoms with E-state index in [4.69, 9.17) is 33.2 Å². The lowest BCUT2D eigenvalue weighted by atomic mass is 10.0. The SMILES string of the molecule is Cc1nc(CC(C)C)nc(N2CCN(C(=O)c3cccs3)CC2)c1Cc1ccc(Cl)cc1Cl. The highest BCUT2D eigenvalue weighted by atomic mass is 35.5. The molecule has 0 radical (unpaired) electrons. The third-order valence-corrected chi connectivity index (χ3v) is 7.25. The summed E-state index contributed by atoms with van der Waals surface area (Å²) in [5.74, 6) is 2.39. The number of carbonyl (C=O) groups is 1. The molecule has 174 valence electrons. The predicted molar refractivity (Wildman–Crippen MR) is 137 cm³/mol. The molecule has 0 atom stereocenters. The molecule has 0 N–H and O–H groups in total. The van der Waals surface area contributed by atoms with Crippen LogP contribution in [-0.4, -0.2) is 47.0 Å². The molecular formula is C25H28Cl2N4OS. The van der Waals surface area contributed by atoms with Crippen LogP contribution in [0.5, 0.6) is 0 Å². The fourth-order valence-corrected chi connectivity index (χ4v) is 5.26. The van der Waals surface area contributed by atoms with Crippen LogP contribution in [0.25, 0.3) is 0 Å². The van der Waals surface area contributed by atoms with Gasteiger partial charge in [-0.1, -0.05) is 49.2 Å². The molecule has 0 unspecified atom stereocenters. The first-order chi connectivity index (χ1) is 15.8. The van der Waals surface area contributed by atoms with Crippen LogP contribution in [0.15, 0.2) is 35.7 Å². The van der Waals surface area contributed by atoms with Crippen LogP contribution in [0.1, 0.15) is 46.2 Å². The summed E-state index contributed by atoms with van der Waals surface area (Å²) in [7, 11) is 0. The second kappa shape index (κ2) is 10.4. The van der Waals surface area contributed by atoms with Gasteiger partial charge >= 0.3 is 0 Å². The smallest absolute Gasteiger partial charge is 0.264 e. The number of amides is 1. The molecule has 2 aromatic heterocycles. The Morgan fingerprint density at radius 3 is 2.52 bits per heavy atom. The zero-order chi connectivity index (χ0) is 23.5. The first-order valence-electron chi connectivity index (χ1n) is 11.2. The van der Waals surface area contributed by atoms with E-state index in [1.807, 2.05) is 41.5 Å². The third kappa shape index (κ3) is 5.68. The molecule has 0 saturated carbocycles. The number of rotatable bonds is 6. The number of aromatic nitrogens is 2. The molecule has 1 amide bonds. The standard InChI is InChI=1S/C25H28Cl2N4OS/c1-16(2)13-23-28-17(3)20(14-18-6-7-19(26)15-21(18)27)24(29-23)30-8-10-31(11-9-30)25(32)22-5-4-12-33-22/h4-7,12,15-16H,8-11,13-14H2,1-3H3. The van der Waals surface area contributed by atoms with E-state index in [-0.39, 0.29) is 5.91 Å². The topological polar surface area (TPSA) is 49.3 Å². The van der Waals surface area contributed by atoms with Crippen molar-refractivity contribution in [3.63, 3.8) is 0 Å². The summed E-state index contributed by atoms with van der Waals surface area (Å²) in [6.45, 7) is 9.20. The van der Waals surface area contributed by atoms with Crippen molar-refractivity contribution in [1.29, 1.82) is 0 Å². The lowest BCUT2D eigenvalue weighted by Crippen LogP contribution is -2.49. The highest BCUT2D eigenvalue weighted by Gasteiger charge is 2.26. The largest absolute Gasteiger partial charge is 0.353 e. The zero-order valence-electron chi connectivity index (χ0n) is 19.1. The number of anilines is 1. The molecule has 4 rings (SSSR count). The Hall–Kier alpha value is -2.15. The van der Waals surface area contributed by atoms with Crippen molar-refractivity contribution in [2.24, 2.45) is 5.92 Å². The van der Waals surface area contributed by atoms with E-state index < -0.39 is 0 Å². The monoisotopic (exact) mass is 502 g/mol. The molecule has 1 aromatic carbocycles. The Kier molecular flexibility index (Phi) is 7.57. The summed E-state index contributed by atoms with van der Waals surface area (Å²) in [6, 6.07) is 9.41. The Bertz CT molecular complexity index is 1130. The number of nitrogens with zero attached hydrogens (tertiary/aromatic N) is 4. The van der Waals surface area contributed by atoms with Gasteiger partial charge in [0.2, 0.25) is 0 Å². The highest BCUT2D eigenvalue weighted by molar-refractivity contribution is 7.12. The number of benzene rings is 1. The van der Waals surface area contributed by atoms with Gasteiger partial charge in [-0.15, -0.1) is 11.3 Å². The van der Waals surface area contributed by atoms with Gasteiger partial charge < -0.3 is 9.80 Å². The molecular weight excluding hydrogens is 475 g/mol. The van der Waals surface area contributed by atoms with Crippen molar-refractivity contribution >= 4 is 46.3 Å². The van der Waals surface area contributed by atoms with E-state index in [0.717, 1.165) is 52.9 Å². The number of carbonyl (C=O) groups excluding carboxylic acids is 1. The molecule has 1 aliphatic heterocycles. The normalized spacial score (nSPS) is 14.2. The van der Waals surface area contributed by atoms with Crippen molar-refractivity contribution in [2.45, 2.75) is 33.6 Å². The van der Waals surface area contributed by atoms with Crippen molar-refractivity contribution in [3.8, 4) is 0 Å². The van der Waals surface area contributed by atoms with Gasteiger partial charge in [0.05, 0.1) is 4.88 Å². The molecule has 33 heavy (non-hydrogen) atoms. The van der Waals surface area contributed by atoms with Gasteiger partial charge in [0.15, 0.2) is 0 Å². The average molecular weight is 503 g/mol. The van der Waals surface area contributed by atoms with Crippen LogP contribution in [0.4, 0.5) is 5.82 Å². The van der Waals surface area contributed by atoms with Gasteiger partial charge in [0.1, 0.15) is 11.6 Å². The summed E-state index contributed by atoms with van der Waals surface area (Å²) in [5, 5.41) is 3.21. The molecule has 3 heterocycles. The summed E-state index contributed by atoms with van der Waals surface area (Å²) in [6.07, 6.45) is 1.46. The number of hydrogen-bond acceptors (Lipinski definition) is 5. The minimum atomic E-state index is 0.109. The lowest BCUT2D eigenvalue weighted by Gasteiger charge is -2.36. The van der Waals surface area contributed by atoms with Crippen LogP contribution in [0, 0.1) is 12.8 Å². The van der Waals surface area contributed by atoms with Crippen LogP contribution >= 0.6 is 34.5 Å². The molecule has 1 fully saturated rings. The van der Waals surface area contributed by atoms with Crippen LogP contribution < -0.4 is 4.90 Å². The van der Waals surface area contributed by atoms with E-state index in [1.165, 1.54) is 11.3 Å². The van der Waals surface area contributed by atoms with Crippen LogP contribution in [0.2, 0.25) is 10.0 Å². The quantitative estimate of drug-likeness (QED) is 0.420. The molecule has 0 bridgehead atoms. The molecule has 1 saturated heterocycles. The van der Waals surface area contributed by atoms with Crippen molar-refractivity contribution in [2.75, 3.05) is 31.1 Å². The summed E-state index contributed by atoms with van der Waals surface area (Å²) in [5.41, 5.74) is 3.04. The fourth-order valence-electron chi connectivity index (χ4n) is 4.10. The molecule has 3 aromatic rings. The molecule has 1 aliphatic rings. The second-order valence-electron chi connectivity index (χ2n) is 8.79. The Labute approximate surface area is 209 Å².